The molecular weight excluding hydrogens is 283 g/mol. The van der Waals surface area contributed by atoms with Gasteiger partial charge in [0.15, 0.2) is 0 Å². The summed E-state index contributed by atoms with van der Waals surface area (Å²) in [7, 11) is 2.00. The molecule has 0 N–H and O–H groups in total. The highest BCUT2D eigenvalue weighted by molar-refractivity contribution is 9.10. The number of fused-ring (bicyclic) bond motifs is 2. The van der Waals surface area contributed by atoms with Crippen molar-refractivity contribution >= 4 is 74.7 Å². The molecule has 0 spiro atoms. The summed E-state index contributed by atoms with van der Waals surface area (Å²) >= 11 is 5.91. The number of benzene rings is 1. The monoisotopic (exact) mass is 284 g/mol. The molecule has 0 amide bonds. The van der Waals surface area contributed by atoms with Crippen LogP contribution in [0, 0.1) is 0 Å². The van der Waals surface area contributed by atoms with Gasteiger partial charge in [-0.2, -0.15) is 17.5 Å². The Bertz CT molecular complexity index is 568. The Morgan fingerprint density at radius 1 is 1.07 bits per heavy atom. The first-order chi connectivity index (χ1) is 6.79. The molecule has 68 valence electrons. The Labute approximate surface area is 96.5 Å². The van der Waals surface area contributed by atoms with Crippen LogP contribution in [0.5, 0.6) is 0 Å². The second-order valence-electron chi connectivity index (χ2n) is 2.86. The highest BCUT2D eigenvalue weighted by atomic mass is 79.9. The highest BCUT2D eigenvalue weighted by Gasteiger charge is 2.19. The zero-order valence-corrected chi connectivity index (χ0v) is 10.2. The van der Waals surface area contributed by atoms with Crippen LogP contribution in [0.1, 0.15) is 0 Å². The predicted octanol–water partition coefficient (Wildman–Crippen LogP) is 1.44. The maximum absolute atomic E-state index is 4.25. The van der Waals surface area contributed by atoms with E-state index >= 15 is 0 Å². The maximum atomic E-state index is 4.25. The molecule has 1 aliphatic rings. The number of halogens is 1. The van der Waals surface area contributed by atoms with E-state index in [2.05, 4.69) is 33.4 Å². The van der Waals surface area contributed by atoms with Crippen molar-refractivity contribution in [3.63, 3.8) is 0 Å². The zero-order valence-electron chi connectivity index (χ0n) is 6.98. The third kappa shape index (κ3) is 0.985. The van der Waals surface area contributed by atoms with Crippen molar-refractivity contribution in [1.82, 2.24) is 8.75 Å². The van der Waals surface area contributed by atoms with Crippen LogP contribution in [0.2, 0.25) is 0 Å². The molecule has 2 heterocycles. The van der Waals surface area contributed by atoms with Gasteiger partial charge >= 0.3 is 0 Å². The summed E-state index contributed by atoms with van der Waals surface area (Å²) in [4.78, 5) is 0. The van der Waals surface area contributed by atoms with E-state index in [1.807, 2.05) is 7.85 Å². The average molecular weight is 285 g/mol. The van der Waals surface area contributed by atoms with Gasteiger partial charge in [-0.1, -0.05) is 0 Å². The van der Waals surface area contributed by atoms with E-state index in [0.717, 1.165) is 32.3 Å². The fraction of sp³-hybridized carbons (Fsp3) is 0. The van der Waals surface area contributed by atoms with E-state index in [-0.39, 0.29) is 0 Å². The third-order valence-electron chi connectivity index (χ3n) is 2.10. The molecule has 8 heteroatoms. The lowest BCUT2D eigenvalue weighted by Crippen LogP contribution is -2.04. The third-order valence-corrected chi connectivity index (χ3v) is 3.91. The number of hydrogen-bond donors (Lipinski definition) is 0. The van der Waals surface area contributed by atoms with E-state index in [1.54, 1.807) is 0 Å². The number of aromatic nitrogens is 2. The number of hydrogen-bond acceptors (Lipinski definition) is 5. The van der Waals surface area contributed by atoms with E-state index in [9.17, 15) is 0 Å². The molecule has 1 aromatic heterocycles. The molecular formula is C6H2BBrN4S2. The van der Waals surface area contributed by atoms with Crippen LogP contribution < -0.4 is 5.46 Å². The Morgan fingerprint density at radius 3 is 2.64 bits per heavy atom. The van der Waals surface area contributed by atoms with E-state index in [4.69, 9.17) is 0 Å². The molecule has 1 aromatic carbocycles. The van der Waals surface area contributed by atoms with Crippen molar-refractivity contribution in [3.8, 4) is 0 Å². The van der Waals surface area contributed by atoms with Gasteiger partial charge in [0.05, 0.1) is 27.6 Å². The summed E-state index contributed by atoms with van der Waals surface area (Å²) in [6, 6.07) is 0. The van der Waals surface area contributed by atoms with Gasteiger partial charge in [-0.3, -0.25) is 0 Å². The number of nitrogens with zero attached hydrogens (tertiary/aromatic N) is 4. The second-order valence-corrected chi connectivity index (χ2v) is 4.71. The minimum Gasteiger partial charge on any atom is -0.173 e. The summed E-state index contributed by atoms with van der Waals surface area (Å²) in [6.45, 7) is 0. The van der Waals surface area contributed by atoms with Crippen molar-refractivity contribution < 1.29 is 0 Å². The lowest BCUT2D eigenvalue weighted by atomic mass is 9.92. The minimum atomic E-state index is 0.882. The molecule has 0 bridgehead atoms. The molecule has 0 radical (unpaired) electrons. The zero-order chi connectivity index (χ0) is 9.71. The summed E-state index contributed by atoms with van der Waals surface area (Å²) in [5, 5.41) is 0. The first-order valence-electron chi connectivity index (χ1n) is 3.81. The Hall–Kier alpha value is -0.595. The molecule has 3 rings (SSSR count). The Kier molecular flexibility index (Phi) is 1.83. The summed E-state index contributed by atoms with van der Waals surface area (Å²) in [6.07, 6.45) is 0. The molecule has 0 saturated heterocycles. The lowest BCUT2D eigenvalue weighted by Gasteiger charge is -2.02. The first-order valence-corrected chi connectivity index (χ1v) is 6.07. The van der Waals surface area contributed by atoms with Gasteiger partial charge < -0.3 is 0 Å². The maximum Gasteiger partial charge on any atom is 0.145 e. The second kappa shape index (κ2) is 2.95. The molecule has 1 aliphatic heterocycles. The summed E-state index contributed by atoms with van der Waals surface area (Å²) in [5.74, 6) is 0. The summed E-state index contributed by atoms with van der Waals surface area (Å²) < 4.78 is 17.8. The van der Waals surface area contributed by atoms with Crippen molar-refractivity contribution in [1.29, 1.82) is 0 Å². The minimum absolute atomic E-state index is 0.882. The van der Waals surface area contributed by atoms with Crippen LogP contribution in [0.15, 0.2) is 13.2 Å². The van der Waals surface area contributed by atoms with Crippen LogP contribution in [-0.4, -0.2) is 16.6 Å². The van der Waals surface area contributed by atoms with Gasteiger partial charge in [-0.25, -0.2) is 0 Å². The van der Waals surface area contributed by atoms with Crippen LogP contribution >= 0.6 is 27.7 Å². The molecule has 4 nitrogen and oxygen atoms in total. The van der Waals surface area contributed by atoms with Crippen molar-refractivity contribution in [2.45, 2.75) is 0 Å². The molecule has 0 fully saturated rings. The van der Waals surface area contributed by atoms with E-state index in [1.165, 1.54) is 23.1 Å². The van der Waals surface area contributed by atoms with Crippen molar-refractivity contribution in [2.75, 3.05) is 0 Å². The SMILES string of the molecule is Bc1c2c(c(Br)c3nsnc13)N=S=N2. The molecule has 0 aliphatic carbocycles. The van der Waals surface area contributed by atoms with Crippen LogP contribution in [0.4, 0.5) is 11.4 Å². The van der Waals surface area contributed by atoms with E-state index < -0.39 is 0 Å². The van der Waals surface area contributed by atoms with Gasteiger partial charge in [0.2, 0.25) is 0 Å². The molecule has 0 atom stereocenters. The Balaban J connectivity index is 2.59. The Morgan fingerprint density at radius 2 is 1.79 bits per heavy atom. The van der Waals surface area contributed by atoms with Gasteiger partial charge in [0, 0.05) is 0 Å². The van der Waals surface area contributed by atoms with Gasteiger partial charge in [-0.15, -0.1) is 0 Å². The van der Waals surface area contributed by atoms with Gasteiger partial charge in [0.25, 0.3) is 0 Å². The largest absolute Gasteiger partial charge is 0.173 e. The van der Waals surface area contributed by atoms with Crippen molar-refractivity contribution in [2.24, 2.45) is 8.73 Å². The fourth-order valence-corrected chi connectivity index (χ4v) is 3.38. The molecule has 0 saturated carbocycles. The van der Waals surface area contributed by atoms with Crippen molar-refractivity contribution in [3.05, 3.63) is 4.47 Å². The van der Waals surface area contributed by atoms with Gasteiger partial charge in [0.1, 0.15) is 30.3 Å². The smallest absolute Gasteiger partial charge is 0.145 e. The normalized spacial score (nSPS) is 13.2. The standard InChI is InChI=1S/C6H2BBrN4S2/c7-1-3-5(11-13-9-3)2(8)6-4(1)10-14-12-6/h7H2. The first kappa shape index (κ1) is 8.69. The van der Waals surface area contributed by atoms with Crippen LogP contribution in [0.25, 0.3) is 11.0 Å². The molecule has 2 aromatic rings. The lowest BCUT2D eigenvalue weighted by molar-refractivity contribution is 1.53. The average Bonchev–Trinajstić information content (AvgIpc) is 2.82. The van der Waals surface area contributed by atoms with E-state index in [0.29, 0.717) is 0 Å². The highest BCUT2D eigenvalue weighted by Crippen LogP contribution is 2.40. The predicted molar refractivity (Wildman–Crippen MR) is 64.8 cm³/mol. The summed E-state index contributed by atoms with van der Waals surface area (Å²) in [5.41, 5.74) is 4.66. The quantitative estimate of drug-likeness (QED) is 0.587. The topological polar surface area (TPSA) is 50.5 Å². The van der Waals surface area contributed by atoms with Gasteiger partial charge in [-0.05, 0) is 21.4 Å². The van der Waals surface area contributed by atoms with Crippen LogP contribution in [0.3, 0.4) is 0 Å². The number of rotatable bonds is 0. The molecule has 0 unspecified atom stereocenters. The molecule has 14 heavy (non-hydrogen) atoms. The fourth-order valence-electron chi connectivity index (χ4n) is 1.38. The van der Waals surface area contributed by atoms with Crippen LogP contribution in [-0.2, 0) is 11.4 Å².